The van der Waals surface area contributed by atoms with E-state index in [1.165, 1.54) is 0 Å². The summed E-state index contributed by atoms with van der Waals surface area (Å²) < 4.78 is 17.2. The van der Waals surface area contributed by atoms with Crippen molar-refractivity contribution in [3.8, 4) is 17.2 Å². The van der Waals surface area contributed by atoms with Crippen LogP contribution < -0.4 is 19.5 Å². The molecule has 0 atom stereocenters. The second-order valence-electron chi connectivity index (χ2n) is 7.04. The molecule has 0 saturated heterocycles. The van der Waals surface area contributed by atoms with Gasteiger partial charge in [-0.25, -0.2) is 0 Å². The lowest BCUT2D eigenvalue weighted by Gasteiger charge is -2.13. The van der Waals surface area contributed by atoms with E-state index in [1.807, 2.05) is 66.7 Å². The zero-order valence-corrected chi connectivity index (χ0v) is 17.9. The summed E-state index contributed by atoms with van der Waals surface area (Å²) in [4.78, 5) is 12.8. The average molecular weight is 420 g/mol. The van der Waals surface area contributed by atoms with Gasteiger partial charge in [0, 0.05) is 11.8 Å². The molecule has 0 heterocycles. The molecule has 0 radical (unpaired) electrons. The summed E-state index contributed by atoms with van der Waals surface area (Å²) in [5.41, 5.74) is 1.17. The Morgan fingerprint density at radius 2 is 1.45 bits per heavy atom. The number of carbonyl (C=O) groups is 1. The van der Waals surface area contributed by atoms with E-state index in [9.17, 15) is 4.79 Å². The van der Waals surface area contributed by atoms with E-state index in [1.54, 1.807) is 12.1 Å². The number of benzene rings is 3. The average Bonchev–Trinajstić information content (AvgIpc) is 2.81. The van der Waals surface area contributed by atoms with E-state index < -0.39 is 0 Å². The molecule has 5 nitrogen and oxygen atoms in total. The molecule has 3 aromatic carbocycles. The molecule has 0 spiro atoms. The number of anilines is 1. The van der Waals surface area contributed by atoms with Gasteiger partial charge in [-0.15, -0.1) is 0 Å². The summed E-state index contributed by atoms with van der Waals surface area (Å²) in [5.74, 6) is 1.86. The minimum Gasteiger partial charge on any atom is -0.493 e. The van der Waals surface area contributed by atoms with E-state index in [0.717, 1.165) is 25.0 Å². The Bertz CT molecular complexity index is 943. The summed E-state index contributed by atoms with van der Waals surface area (Å²) in [5, 5.41) is 2.93. The molecule has 0 bridgehead atoms. The van der Waals surface area contributed by atoms with Crippen molar-refractivity contribution in [1.82, 2.24) is 0 Å². The second-order valence-corrected chi connectivity index (χ2v) is 7.04. The predicted octanol–water partition coefficient (Wildman–Crippen LogP) is 5.97. The first-order chi connectivity index (χ1) is 15.3. The maximum absolute atomic E-state index is 12.8. The largest absolute Gasteiger partial charge is 0.493 e. The van der Waals surface area contributed by atoms with Crippen molar-refractivity contribution >= 4 is 11.6 Å². The summed E-state index contributed by atoms with van der Waals surface area (Å²) in [6, 6.07) is 24.2. The molecule has 5 heteroatoms. The molecule has 3 aromatic rings. The van der Waals surface area contributed by atoms with E-state index >= 15 is 0 Å². The SMILES string of the molecule is CCCCCOc1ccccc1C(=O)Nc1cccc(OCCOc2ccccc2)c1. The first-order valence-electron chi connectivity index (χ1n) is 10.7. The third kappa shape index (κ3) is 7.37. The fourth-order valence-corrected chi connectivity index (χ4v) is 3.01. The van der Waals surface area contributed by atoms with Gasteiger partial charge in [-0.05, 0) is 42.8 Å². The Kier molecular flexibility index (Phi) is 8.80. The number of ether oxygens (including phenoxy) is 3. The number of nitrogens with one attached hydrogen (secondary N) is 1. The zero-order chi connectivity index (χ0) is 21.7. The highest BCUT2D eigenvalue weighted by Gasteiger charge is 2.12. The van der Waals surface area contributed by atoms with Crippen LogP contribution in [0.3, 0.4) is 0 Å². The molecule has 3 rings (SSSR count). The van der Waals surface area contributed by atoms with Crippen LogP contribution in [0.5, 0.6) is 17.2 Å². The fraction of sp³-hybridized carbons (Fsp3) is 0.269. The third-order valence-electron chi connectivity index (χ3n) is 4.59. The van der Waals surface area contributed by atoms with Crippen LogP contribution in [-0.4, -0.2) is 25.7 Å². The van der Waals surface area contributed by atoms with E-state index in [0.29, 0.717) is 42.6 Å². The van der Waals surface area contributed by atoms with Crippen LogP contribution in [0.2, 0.25) is 0 Å². The molecule has 1 N–H and O–H groups in total. The molecule has 162 valence electrons. The monoisotopic (exact) mass is 419 g/mol. The molecule has 1 amide bonds. The minimum atomic E-state index is -0.212. The normalized spacial score (nSPS) is 10.4. The van der Waals surface area contributed by atoms with Gasteiger partial charge in [0.2, 0.25) is 0 Å². The van der Waals surface area contributed by atoms with Crippen LogP contribution in [0.4, 0.5) is 5.69 Å². The van der Waals surface area contributed by atoms with E-state index in [-0.39, 0.29) is 5.91 Å². The van der Waals surface area contributed by atoms with Gasteiger partial charge >= 0.3 is 0 Å². The molecule has 0 fully saturated rings. The lowest BCUT2D eigenvalue weighted by atomic mass is 10.1. The lowest BCUT2D eigenvalue weighted by molar-refractivity contribution is 0.102. The summed E-state index contributed by atoms with van der Waals surface area (Å²) in [6.07, 6.45) is 3.21. The van der Waals surface area contributed by atoms with Crippen LogP contribution in [0.1, 0.15) is 36.5 Å². The number of para-hydroxylation sites is 2. The first-order valence-corrected chi connectivity index (χ1v) is 10.7. The summed E-state index contributed by atoms with van der Waals surface area (Å²) in [7, 11) is 0. The van der Waals surface area contributed by atoms with Gasteiger partial charge in [-0.2, -0.15) is 0 Å². The topological polar surface area (TPSA) is 56.8 Å². The van der Waals surface area contributed by atoms with Crippen molar-refractivity contribution in [2.75, 3.05) is 25.1 Å². The van der Waals surface area contributed by atoms with Gasteiger partial charge in [0.1, 0.15) is 30.5 Å². The van der Waals surface area contributed by atoms with Crippen molar-refractivity contribution in [2.45, 2.75) is 26.2 Å². The van der Waals surface area contributed by atoms with Crippen LogP contribution >= 0.6 is 0 Å². The van der Waals surface area contributed by atoms with Crippen LogP contribution in [0.15, 0.2) is 78.9 Å². The van der Waals surface area contributed by atoms with Crippen LogP contribution in [0.25, 0.3) is 0 Å². The number of rotatable bonds is 12. The number of hydrogen-bond donors (Lipinski definition) is 1. The fourth-order valence-electron chi connectivity index (χ4n) is 3.01. The van der Waals surface area contributed by atoms with E-state index in [2.05, 4.69) is 12.2 Å². The minimum absolute atomic E-state index is 0.212. The predicted molar refractivity (Wildman–Crippen MR) is 123 cm³/mol. The van der Waals surface area contributed by atoms with Gasteiger partial charge in [-0.1, -0.05) is 56.2 Å². The molecular weight excluding hydrogens is 390 g/mol. The molecule has 0 saturated carbocycles. The summed E-state index contributed by atoms with van der Waals surface area (Å²) >= 11 is 0. The van der Waals surface area contributed by atoms with Crippen LogP contribution in [0, 0.1) is 0 Å². The number of carbonyl (C=O) groups excluding carboxylic acids is 1. The third-order valence-corrected chi connectivity index (χ3v) is 4.59. The van der Waals surface area contributed by atoms with E-state index in [4.69, 9.17) is 14.2 Å². The van der Waals surface area contributed by atoms with Gasteiger partial charge in [0.05, 0.1) is 12.2 Å². The smallest absolute Gasteiger partial charge is 0.259 e. The lowest BCUT2D eigenvalue weighted by Crippen LogP contribution is -2.14. The van der Waals surface area contributed by atoms with Crippen molar-refractivity contribution in [1.29, 1.82) is 0 Å². The number of unbranched alkanes of at least 4 members (excludes halogenated alkanes) is 2. The zero-order valence-electron chi connectivity index (χ0n) is 17.9. The first kappa shape index (κ1) is 22.2. The van der Waals surface area contributed by atoms with Crippen molar-refractivity contribution in [3.63, 3.8) is 0 Å². The molecule has 0 unspecified atom stereocenters. The molecule has 0 aliphatic carbocycles. The van der Waals surface area contributed by atoms with Gasteiger partial charge in [-0.3, -0.25) is 4.79 Å². The summed E-state index contributed by atoms with van der Waals surface area (Å²) in [6.45, 7) is 3.59. The van der Waals surface area contributed by atoms with Gasteiger partial charge < -0.3 is 19.5 Å². The highest BCUT2D eigenvalue weighted by atomic mass is 16.5. The molecular formula is C26H29NO4. The maximum atomic E-state index is 12.8. The van der Waals surface area contributed by atoms with Crippen LogP contribution in [-0.2, 0) is 0 Å². The molecule has 0 aromatic heterocycles. The number of amides is 1. The molecule has 31 heavy (non-hydrogen) atoms. The second kappa shape index (κ2) is 12.3. The molecule has 0 aliphatic rings. The highest BCUT2D eigenvalue weighted by molar-refractivity contribution is 6.06. The Morgan fingerprint density at radius 1 is 0.742 bits per heavy atom. The Hall–Kier alpha value is -3.47. The Labute approximate surface area is 184 Å². The Morgan fingerprint density at radius 3 is 2.26 bits per heavy atom. The quantitative estimate of drug-likeness (QED) is 0.368. The Balaban J connectivity index is 1.52. The van der Waals surface area contributed by atoms with Crippen molar-refractivity contribution in [3.05, 3.63) is 84.4 Å². The highest BCUT2D eigenvalue weighted by Crippen LogP contribution is 2.22. The molecule has 0 aliphatic heterocycles. The van der Waals surface area contributed by atoms with Crippen molar-refractivity contribution in [2.24, 2.45) is 0 Å². The van der Waals surface area contributed by atoms with Gasteiger partial charge in [0.15, 0.2) is 0 Å². The standard InChI is InChI=1S/C26H29NO4/c1-2-3-9-17-31-25-16-8-7-15-24(25)26(28)27-21-11-10-14-23(20-21)30-19-18-29-22-12-5-4-6-13-22/h4-8,10-16,20H,2-3,9,17-19H2,1H3,(H,27,28). The number of hydrogen-bond acceptors (Lipinski definition) is 4. The van der Waals surface area contributed by atoms with Crippen molar-refractivity contribution < 1.29 is 19.0 Å². The maximum Gasteiger partial charge on any atom is 0.259 e. The van der Waals surface area contributed by atoms with Gasteiger partial charge in [0.25, 0.3) is 5.91 Å².